The van der Waals surface area contributed by atoms with Crippen molar-refractivity contribution in [3.8, 4) is 0 Å². The average molecular weight is 397 g/mol. The SMILES string of the molecule is C=COC(=O)CCCCCCCCCCCCCCCCC.C=COC(C)=O. The highest BCUT2D eigenvalue weighted by atomic mass is 16.5. The molecule has 0 aliphatic carbocycles. The highest BCUT2D eigenvalue weighted by molar-refractivity contribution is 5.69. The van der Waals surface area contributed by atoms with E-state index in [1.54, 1.807) is 0 Å². The van der Waals surface area contributed by atoms with Gasteiger partial charge in [0.25, 0.3) is 0 Å². The van der Waals surface area contributed by atoms with Crippen LogP contribution in [0.5, 0.6) is 0 Å². The number of ether oxygens (including phenoxy) is 2. The molecule has 4 nitrogen and oxygen atoms in total. The van der Waals surface area contributed by atoms with Crippen molar-refractivity contribution in [3.05, 3.63) is 25.7 Å². The van der Waals surface area contributed by atoms with Gasteiger partial charge in [0.1, 0.15) is 0 Å². The summed E-state index contributed by atoms with van der Waals surface area (Å²) in [5, 5.41) is 0. The third-order valence-corrected chi connectivity index (χ3v) is 4.45. The van der Waals surface area contributed by atoms with Crippen molar-refractivity contribution in [2.24, 2.45) is 0 Å². The van der Waals surface area contributed by atoms with Gasteiger partial charge in [0, 0.05) is 13.3 Å². The highest BCUT2D eigenvalue weighted by Gasteiger charge is 2.00. The zero-order valence-electron chi connectivity index (χ0n) is 18.5. The number of rotatable bonds is 18. The standard InChI is InChI=1S/C20H38O2.C4H6O2/c1-3-5-6-7-8-9-10-11-12-13-14-15-16-17-18-19-20(21)22-4-2;1-3-6-4(2)5/h4H,2-3,5-19H2,1H3;3H,1H2,2H3. The first-order valence-electron chi connectivity index (χ1n) is 11.2. The molecule has 0 saturated heterocycles. The Morgan fingerprint density at radius 1 is 0.643 bits per heavy atom. The van der Waals surface area contributed by atoms with Crippen molar-refractivity contribution in [2.75, 3.05) is 0 Å². The first-order valence-corrected chi connectivity index (χ1v) is 11.2. The third kappa shape index (κ3) is 29.2. The van der Waals surface area contributed by atoms with Gasteiger partial charge in [-0.3, -0.25) is 9.59 Å². The summed E-state index contributed by atoms with van der Waals surface area (Å²) >= 11 is 0. The Kier molecular flexibility index (Phi) is 26.0. The third-order valence-electron chi connectivity index (χ3n) is 4.45. The van der Waals surface area contributed by atoms with E-state index in [0.29, 0.717) is 6.42 Å². The molecule has 0 aromatic carbocycles. The van der Waals surface area contributed by atoms with Gasteiger partial charge in [-0.1, -0.05) is 110 Å². The Labute approximate surface area is 173 Å². The second kappa shape index (κ2) is 25.4. The summed E-state index contributed by atoms with van der Waals surface area (Å²) in [7, 11) is 0. The first-order chi connectivity index (χ1) is 13.6. The van der Waals surface area contributed by atoms with E-state index in [0.717, 1.165) is 19.1 Å². The molecule has 0 fully saturated rings. The lowest BCUT2D eigenvalue weighted by Gasteiger charge is -2.03. The normalized spacial score (nSPS) is 9.79. The van der Waals surface area contributed by atoms with Crippen LogP contribution in [0.4, 0.5) is 0 Å². The predicted molar refractivity (Wildman–Crippen MR) is 118 cm³/mol. The molecule has 0 atom stereocenters. The van der Waals surface area contributed by atoms with E-state index in [1.165, 1.54) is 96.7 Å². The highest BCUT2D eigenvalue weighted by Crippen LogP contribution is 2.13. The van der Waals surface area contributed by atoms with Gasteiger partial charge in [-0.15, -0.1) is 0 Å². The second-order valence-electron chi connectivity index (χ2n) is 7.13. The molecule has 0 aromatic rings. The van der Waals surface area contributed by atoms with Crippen molar-refractivity contribution in [1.82, 2.24) is 0 Å². The van der Waals surface area contributed by atoms with E-state index in [4.69, 9.17) is 0 Å². The zero-order chi connectivity index (χ0) is 21.3. The van der Waals surface area contributed by atoms with E-state index >= 15 is 0 Å². The molecule has 4 heteroatoms. The molecule has 164 valence electrons. The average Bonchev–Trinajstić information content (AvgIpc) is 2.65. The quantitative estimate of drug-likeness (QED) is 0.136. The first kappa shape index (κ1) is 28.6. The zero-order valence-corrected chi connectivity index (χ0v) is 18.5. The summed E-state index contributed by atoms with van der Waals surface area (Å²) in [6.45, 7) is 10.1. The topological polar surface area (TPSA) is 52.6 Å². The molecule has 0 aliphatic heterocycles. The van der Waals surface area contributed by atoms with Crippen molar-refractivity contribution in [3.63, 3.8) is 0 Å². The Hall–Kier alpha value is -1.58. The lowest BCUT2D eigenvalue weighted by molar-refractivity contribution is -0.138. The molecular weight excluding hydrogens is 352 g/mol. The number of hydrogen-bond acceptors (Lipinski definition) is 4. The number of carbonyl (C=O) groups excluding carboxylic acids is 2. The van der Waals surface area contributed by atoms with Gasteiger partial charge >= 0.3 is 11.9 Å². The molecule has 0 spiro atoms. The molecular formula is C24H44O4. The lowest BCUT2D eigenvalue weighted by Crippen LogP contribution is -1.98. The second-order valence-corrected chi connectivity index (χ2v) is 7.13. The molecule has 0 bridgehead atoms. The van der Waals surface area contributed by atoms with Crippen LogP contribution in [0.2, 0.25) is 0 Å². The molecule has 0 heterocycles. The summed E-state index contributed by atoms with van der Waals surface area (Å²) in [4.78, 5) is 20.8. The van der Waals surface area contributed by atoms with Crippen LogP contribution in [-0.4, -0.2) is 11.9 Å². The molecule has 0 unspecified atom stereocenters. The fourth-order valence-electron chi connectivity index (χ4n) is 2.91. The Morgan fingerprint density at radius 2 is 1.00 bits per heavy atom. The van der Waals surface area contributed by atoms with Gasteiger partial charge in [0.05, 0.1) is 12.5 Å². The summed E-state index contributed by atoms with van der Waals surface area (Å²) in [5.41, 5.74) is 0. The van der Waals surface area contributed by atoms with E-state index in [2.05, 4.69) is 29.6 Å². The smallest absolute Gasteiger partial charge is 0.310 e. The van der Waals surface area contributed by atoms with Crippen LogP contribution in [-0.2, 0) is 19.1 Å². The molecule has 0 radical (unpaired) electrons. The van der Waals surface area contributed by atoms with Gasteiger partial charge in [0.2, 0.25) is 0 Å². The van der Waals surface area contributed by atoms with Gasteiger partial charge < -0.3 is 9.47 Å². The largest absolute Gasteiger partial charge is 0.435 e. The Balaban J connectivity index is 0. The molecule has 28 heavy (non-hydrogen) atoms. The lowest BCUT2D eigenvalue weighted by atomic mass is 10.0. The maximum Gasteiger partial charge on any atom is 0.310 e. The van der Waals surface area contributed by atoms with Gasteiger partial charge in [-0.25, -0.2) is 0 Å². The van der Waals surface area contributed by atoms with Crippen molar-refractivity contribution >= 4 is 11.9 Å². The van der Waals surface area contributed by atoms with Crippen molar-refractivity contribution in [1.29, 1.82) is 0 Å². The van der Waals surface area contributed by atoms with E-state index in [1.807, 2.05) is 0 Å². The molecule has 0 aromatic heterocycles. The molecule has 0 aliphatic rings. The van der Waals surface area contributed by atoms with Crippen LogP contribution < -0.4 is 0 Å². The summed E-state index contributed by atoms with van der Waals surface area (Å²) in [6.07, 6.45) is 23.0. The van der Waals surface area contributed by atoms with Gasteiger partial charge in [-0.05, 0) is 6.42 Å². The monoisotopic (exact) mass is 396 g/mol. The van der Waals surface area contributed by atoms with E-state index in [9.17, 15) is 9.59 Å². The van der Waals surface area contributed by atoms with Crippen LogP contribution in [0.25, 0.3) is 0 Å². The minimum Gasteiger partial charge on any atom is -0.435 e. The van der Waals surface area contributed by atoms with Crippen LogP contribution >= 0.6 is 0 Å². The Bertz CT molecular complexity index is 377. The van der Waals surface area contributed by atoms with Crippen LogP contribution in [0.15, 0.2) is 25.7 Å². The van der Waals surface area contributed by atoms with Crippen LogP contribution in [0.1, 0.15) is 117 Å². The predicted octanol–water partition coefficient (Wildman–Crippen LogP) is 7.63. The summed E-state index contributed by atoms with van der Waals surface area (Å²) in [5.74, 6) is -0.477. The number of carbonyl (C=O) groups is 2. The number of unbranched alkanes of at least 4 members (excludes halogenated alkanes) is 14. The fourth-order valence-corrected chi connectivity index (χ4v) is 2.91. The number of esters is 2. The molecule has 0 amide bonds. The van der Waals surface area contributed by atoms with E-state index < -0.39 is 0 Å². The maximum atomic E-state index is 11.1. The van der Waals surface area contributed by atoms with Crippen LogP contribution in [0, 0.1) is 0 Å². The molecule has 0 saturated carbocycles. The van der Waals surface area contributed by atoms with Crippen molar-refractivity contribution < 1.29 is 19.1 Å². The van der Waals surface area contributed by atoms with Crippen molar-refractivity contribution in [2.45, 2.75) is 117 Å². The summed E-state index contributed by atoms with van der Waals surface area (Å²) < 4.78 is 8.85. The minimum absolute atomic E-state index is 0.148. The minimum atomic E-state index is -0.329. The molecule has 0 rings (SSSR count). The van der Waals surface area contributed by atoms with E-state index in [-0.39, 0.29) is 11.9 Å². The van der Waals surface area contributed by atoms with Crippen LogP contribution in [0.3, 0.4) is 0 Å². The van der Waals surface area contributed by atoms with Gasteiger partial charge in [0.15, 0.2) is 0 Å². The maximum absolute atomic E-state index is 11.1. The molecule has 0 N–H and O–H groups in total. The van der Waals surface area contributed by atoms with Gasteiger partial charge in [-0.2, -0.15) is 0 Å². The fraction of sp³-hybridized carbons (Fsp3) is 0.750. The number of hydrogen-bond donors (Lipinski definition) is 0. The Morgan fingerprint density at radius 3 is 1.29 bits per heavy atom. The summed E-state index contributed by atoms with van der Waals surface area (Å²) in [6, 6.07) is 0.